The van der Waals surface area contributed by atoms with Crippen LogP contribution in [-0.4, -0.2) is 50.0 Å². The Morgan fingerprint density at radius 1 is 0.929 bits per heavy atom. The summed E-state index contributed by atoms with van der Waals surface area (Å²) in [4.78, 5) is 29.7. The lowest BCUT2D eigenvalue weighted by Crippen LogP contribution is -2.55. The second-order valence-electron chi connectivity index (χ2n) is 10.9. The molecule has 1 fully saturated rings. The van der Waals surface area contributed by atoms with E-state index in [1.165, 1.54) is 17.0 Å². The Bertz CT molecular complexity index is 1490. The largest absolute Gasteiger partial charge is 0.352 e. The number of aryl methyl sites for hydroxylation is 1. The molecule has 3 aromatic rings. The van der Waals surface area contributed by atoms with Gasteiger partial charge in [-0.15, -0.1) is 0 Å². The fraction of sp³-hybridized carbons (Fsp3) is 0.375. The van der Waals surface area contributed by atoms with Crippen LogP contribution in [0.25, 0.3) is 0 Å². The summed E-state index contributed by atoms with van der Waals surface area (Å²) in [7, 11) is -3.95. The number of hydrogen-bond donors (Lipinski definition) is 1. The maximum absolute atomic E-state index is 14.3. The van der Waals surface area contributed by atoms with E-state index in [2.05, 4.69) is 5.32 Å². The minimum Gasteiger partial charge on any atom is -0.352 e. The normalized spacial score (nSPS) is 14.7. The van der Waals surface area contributed by atoms with Crippen LogP contribution in [0.1, 0.15) is 48.8 Å². The van der Waals surface area contributed by atoms with Crippen molar-refractivity contribution in [2.24, 2.45) is 0 Å². The van der Waals surface area contributed by atoms with Gasteiger partial charge in [0.2, 0.25) is 21.8 Å². The molecule has 10 heteroatoms. The molecule has 42 heavy (non-hydrogen) atoms. The van der Waals surface area contributed by atoms with E-state index < -0.39 is 28.5 Å². The monoisotopic (exact) mass is 629 g/mol. The van der Waals surface area contributed by atoms with Crippen molar-refractivity contribution in [2.45, 2.75) is 64.1 Å². The maximum Gasteiger partial charge on any atom is 0.244 e. The standard InChI is InChI=1S/C32H37Cl2N3O4S/c1-23-10-9-13-25(18-23)21-36(31(38)22-37(42(2,40)41)29-20-26(33)16-17-28(29)34)30(19-24-11-5-3-6-12-24)32(39)35-27-14-7-4-8-15-27/h3,5-6,9-13,16-18,20,27,30H,4,7-8,14-15,19,21-22H2,1-2H3,(H,35,39)/t30-/m1/s1. The molecule has 2 amide bonds. The lowest BCUT2D eigenvalue weighted by atomic mass is 9.94. The maximum atomic E-state index is 14.3. The number of sulfonamides is 1. The lowest BCUT2D eigenvalue weighted by molar-refractivity contribution is -0.140. The van der Waals surface area contributed by atoms with Gasteiger partial charge in [-0.2, -0.15) is 0 Å². The fourth-order valence-electron chi connectivity index (χ4n) is 5.38. The molecule has 0 unspecified atom stereocenters. The van der Waals surface area contributed by atoms with Gasteiger partial charge in [0.25, 0.3) is 0 Å². The van der Waals surface area contributed by atoms with Crippen LogP contribution in [0.5, 0.6) is 0 Å². The minimum atomic E-state index is -3.95. The van der Waals surface area contributed by atoms with E-state index in [1.807, 2.05) is 61.5 Å². The molecule has 224 valence electrons. The third-order valence-corrected chi connectivity index (χ3v) is 9.20. The molecule has 0 radical (unpaired) electrons. The molecule has 4 rings (SSSR count). The van der Waals surface area contributed by atoms with Crippen LogP contribution in [0.15, 0.2) is 72.8 Å². The van der Waals surface area contributed by atoms with Gasteiger partial charge in [-0.3, -0.25) is 13.9 Å². The zero-order chi connectivity index (χ0) is 30.3. The SMILES string of the molecule is Cc1cccc(CN(C(=O)CN(c2cc(Cl)ccc2Cl)S(C)(=O)=O)[C@H](Cc2ccccc2)C(=O)NC2CCCCC2)c1. The first kappa shape index (κ1) is 31.9. The van der Waals surface area contributed by atoms with Gasteiger partial charge in [-0.1, -0.05) is 103 Å². The zero-order valence-electron chi connectivity index (χ0n) is 23.9. The number of nitrogens with zero attached hydrogens (tertiary/aromatic N) is 2. The highest BCUT2D eigenvalue weighted by atomic mass is 35.5. The second-order valence-corrected chi connectivity index (χ2v) is 13.7. The van der Waals surface area contributed by atoms with Gasteiger partial charge >= 0.3 is 0 Å². The Kier molecular flexibility index (Phi) is 10.9. The van der Waals surface area contributed by atoms with E-state index in [9.17, 15) is 18.0 Å². The summed E-state index contributed by atoms with van der Waals surface area (Å²) in [5.41, 5.74) is 2.83. The molecule has 7 nitrogen and oxygen atoms in total. The molecule has 0 spiro atoms. The number of hydrogen-bond acceptors (Lipinski definition) is 4. The summed E-state index contributed by atoms with van der Waals surface area (Å²) < 4.78 is 26.9. The topological polar surface area (TPSA) is 86.8 Å². The van der Waals surface area contributed by atoms with Crippen LogP contribution in [0, 0.1) is 6.92 Å². The third-order valence-electron chi connectivity index (χ3n) is 7.51. The van der Waals surface area contributed by atoms with E-state index in [0.717, 1.165) is 59.4 Å². The van der Waals surface area contributed by atoms with E-state index in [4.69, 9.17) is 23.2 Å². The molecule has 3 aromatic carbocycles. The Morgan fingerprint density at radius 3 is 2.29 bits per heavy atom. The van der Waals surface area contributed by atoms with Gasteiger partial charge in [0, 0.05) is 24.0 Å². The Hall–Kier alpha value is -3.07. The molecule has 0 heterocycles. The number of nitrogens with one attached hydrogen (secondary N) is 1. The molecular weight excluding hydrogens is 593 g/mol. The number of carbonyl (C=O) groups is 2. The van der Waals surface area contributed by atoms with Crippen LogP contribution < -0.4 is 9.62 Å². The van der Waals surface area contributed by atoms with Crippen molar-refractivity contribution >= 4 is 50.7 Å². The number of anilines is 1. The van der Waals surface area contributed by atoms with Gasteiger partial charge in [0.05, 0.1) is 17.0 Å². The fourth-order valence-corrected chi connectivity index (χ4v) is 6.67. The van der Waals surface area contributed by atoms with Gasteiger partial charge in [0.1, 0.15) is 12.6 Å². The van der Waals surface area contributed by atoms with Crippen molar-refractivity contribution in [3.8, 4) is 0 Å². The quantitative estimate of drug-likeness (QED) is 0.275. The summed E-state index contributed by atoms with van der Waals surface area (Å²) in [6, 6.07) is 20.9. The van der Waals surface area contributed by atoms with Crippen LogP contribution in [0.4, 0.5) is 5.69 Å². The van der Waals surface area contributed by atoms with Crippen LogP contribution in [0.3, 0.4) is 0 Å². The molecule has 0 aliphatic heterocycles. The highest BCUT2D eigenvalue weighted by Crippen LogP contribution is 2.31. The number of benzene rings is 3. The molecule has 0 bridgehead atoms. The molecule has 0 saturated heterocycles. The van der Waals surface area contributed by atoms with Crippen molar-refractivity contribution in [3.63, 3.8) is 0 Å². The molecule has 1 atom stereocenters. The third kappa shape index (κ3) is 8.72. The number of carbonyl (C=O) groups excluding carboxylic acids is 2. The van der Waals surface area contributed by atoms with E-state index in [-0.39, 0.29) is 40.6 Å². The molecule has 1 N–H and O–H groups in total. The number of rotatable bonds is 11. The lowest BCUT2D eigenvalue weighted by Gasteiger charge is -2.35. The van der Waals surface area contributed by atoms with Crippen molar-refractivity contribution in [3.05, 3.63) is 99.5 Å². The predicted octanol–water partition coefficient (Wildman–Crippen LogP) is 6.16. The molecule has 0 aromatic heterocycles. The van der Waals surface area contributed by atoms with Crippen molar-refractivity contribution in [1.29, 1.82) is 0 Å². The highest BCUT2D eigenvalue weighted by Gasteiger charge is 2.34. The smallest absolute Gasteiger partial charge is 0.244 e. The number of amides is 2. The molecule has 1 aliphatic rings. The first-order valence-electron chi connectivity index (χ1n) is 14.1. The van der Waals surface area contributed by atoms with Crippen LogP contribution in [-0.2, 0) is 32.6 Å². The van der Waals surface area contributed by atoms with E-state index in [1.54, 1.807) is 6.07 Å². The van der Waals surface area contributed by atoms with Gasteiger partial charge in [-0.05, 0) is 49.1 Å². The Balaban J connectivity index is 1.74. The van der Waals surface area contributed by atoms with Gasteiger partial charge in [0.15, 0.2) is 0 Å². The second kappa shape index (κ2) is 14.4. The average Bonchev–Trinajstić information content (AvgIpc) is 2.95. The van der Waals surface area contributed by atoms with Crippen molar-refractivity contribution in [2.75, 3.05) is 17.1 Å². The average molecular weight is 631 g/mol. The summed E-state index contributed by atoms with van der Waals surface area (Å²) >= 11 is 12.6. The Morgan fingerprint density at radius 2 is 1.62 bits per heavy atom. The van der Waals surface area contributed by atoms with Crippen LogP contribution in [0.2, 0.25) is 10.0 Å². The van der Waals surface area contributed by atoms with Gasteiger partial charge < -0.3 is 10.2 Å². The zero-order valence-corrected chi connectivity index (χ0v) is 26.3. The predicted molar refractivity (Wildman–Crippen MR) is 169 cm³/mol. The highest BCUT2D eigenvalue weighted by molar-refractivity contribution is 7.92. The minimum absolute atomic E-state index is 0.0400. The summed E-state index contributed by atoms with van der Waals surface area (Å²) in [6.07, 6.45) is 6.31. The summed E-state index contributed by atoms with van der Waals surface area (Å²) in [5, 5.41) is 3.62. The van der Waals surface area contributed by atoms with Crippen LogP contribution >= 0.6 is 23.2 Å². The van der Waals surface area contributed by atoms with E-state index in [0.29, 0.717) is 0 Å². The summed E-state index contributed by atoms with van der Waals surface area (Å²) in [6.45, 7) is 1.53. The first-order chi connectivity index (χ1) is 20.0. The summed E-state index contributed by atoms with van der Waals surface area (Å²) in [5.74, 6) is -0.781. The van der Waals surface area contributed by atoms with E-state index >= 15 is 0 Å². The van der Waals surface area contributed by atoms with Crippen molar-refractivity contribution < 1.29 is 18.0 Å². The number of halogens is 2. The molecule has 1 aliphatic carbocycles. The van der Waals surface area contributed by atoms with Crippen molar-refractivity contribution in [1.82, 2.24) is 10.2 Å². The first-order valence-corrected chi connectivity index (χ1v) is 16.7. The molecular formula is C32H37Cl2N3O4S. The Labute approximate surface area is 258 Å². The molecule has 1 saturated carbocycles. The van der Waals surface area contributed by atoms with Gasteiger partial charge in [-0.25, -0.2) is 8.42 Å².